The van der Waals surface area contributed by atoms with Gasteiger partial charge < -0.3 is 5.32 Å². The number of nitrogens with one attached hydrogen (secondary N) is 1. The maximum atomic E-state index is 6.21. The number of benzene rings is 1. The average molecular weight is 321 g/mol. The number of halogens is 3. The third kappa shape index (κ3) is 4.01. The summed E-state index contributed by atoms with van der Waals surface area (Å²) in [6.45, 7) is 2.93. The van der Waals surface area contributed by atoms with Crippen molar-refractivity contribution >= 4 is 34.8 Å². The minimum absolute atomic E-state index is 0.492. The van der Waals surface area contributed by atoms with Crippen molar-refractivity contribution in [2.24, 2.45) is 5.92 Å². The molecule has 19 heavy (non-hydrogen) atoms. The highest BCUT2D eigenvalue weighted by Gasteiger charge is 2.20. The lowest BCUT2D eigenvalue weighted by molar-refractivity contribution is 0.280. The molecule has 0 saturated heterocycles. The van der Waals surface area contributed by atoms with Crippen LogP contribution in [0.15, 0.2) is 12.1 Å². The van der Waals surface area contributed by atoms with Gasteiger partial charge in [-0.25, -0.2) is 0 Å². The highest BCUT2D eigenvalue weighted by Crippen LogP contribution is 2.32. The first kappa shape index (κ1) is 15.4. The molecule has 0 aromatic heterocycles. The van der Waals surface area contributed by atoms with Gasteiger partial charge >= 0.3 is 0 Å². The van der Waals surface area contributed by atoms with Crippen molar-refractivity contribution in [2.45, 2.75) is 51.6 Å². The number of hydrogen-bond acceptors (Lipinski definition) is 1. The molecule has 0 amide bonds. The van der Waals surface area contributed by atoms with Gasteiger partial charge in [0.1, 0.15) is 0 Å². The van der Waals surface area contributed by atoms with Crippen LogP contribution in [0, 0.1) is 5.92 Å². The molecule has 0 unspecified atom stereocenters. The Morgan fingerprint density at radius 1 is 1.11 bits per heavy atom. The predicted octanol–water partition coefficient (Wildman–Crippen LogP) is 5.71. The van der Waals surface area contributed by atoms with Gasteiger partial charge in [0.2, 0.25) is 0 Å². The maximum absolute atomic E-state index is 6.21. The molecule has 1 aliphatic carbocycles. The Balaban J connectivity index is 1.96. The average Bonchev–Trinajstić information content (AvgIpc) is 2.44. The van der Waals surface area contributed by atoms with Gasteiger partial charge in [-0.1, -0.05) is 54.1 Å². The molecule has 1 aromatic rings. The lowest BCUT2D eigenvalue weighted by Crippen LogP contribution is -2.34. The van der Waals surface area contributed by atoms with Crippen LogP contribution >= 0.6 is 34.8 Å². The lowest BCUT2D eigenvalue weighted by Gasteiger charge is -2.28. The van der Waals surface area contributed by atoms with Crippen LogP contribution in [-0.4, -0.2) is 6.04 Å². The molecule has 0 bridgehead atoms. The zero-order valence-corrected chi connectivity index (χ0v) is 13.5. The van der Waals surface area contributed by atoms with Gasteiger partial charge in [-0.3, -0.25) is 0 Å². The topological polar surface area (TPSA) is 12.0 Å². The van der Waals surface area contributed by atoms with Crippen molar-refractivity contribution in [2.75, 3.05) is 0 Å². The Morgan fingerprint density at radius 2 is 1.74 bits per heavy atom. The fraction of sp³-hybridized carbons (Fsp3) is 0.600. The highest BCUT2D eigenvalue weighted by atomic mass is 35.5. The fourth-order valence-corrected chi connectivity index (χ4v) is 3.48. The molecule has 0 heterocycles. The molecule has 1 atom stereocenters. The summed E-state index contributed by atoms with van der Waals surface area (Å²) in [5.74, 6) is 0.769. The van der Waals surface area contributed by atoms with Crippen molar-refractivity contribution in [1.82, 2.24) is 5.32 Å². The minimum Gasteiger partial charge on any atom is -0.310 e. The molecule has 1 fully saturated rings. The Morgan fingerprint density at radius 3 is 2.42 bits per heavy atom. The van der Waals surface area contributed by atoms with E-state index >= 15 is 0 Å². The second-order valence-electron chi connectivity index (χ2n) is 5.39. The summed E-state index contributed by atoms with van der Waals surface area (Å²) in [5.41, 5.74) is 0.901. The van der Waals surface area contributed by atoms with E-state index in [4.69, 9.17) is 34.8 Å². The van der Waals surface area contributed by atoms with Crippen LogP contribution in [0.2, 0.25) is 15.1 Å². The van der Waals surface area contributed by atoms with E-state index in [-0.39, 0.29) is 0 Å². The first-order chi connectivity index (χ1) is 9.09. The third-order valence-corrected chi connectivity index (χ3v) is 5.29. The molecule has 106 valence electrons. The molecular weight excluding hydrogens is 301 g/mol. The van der Waals surface area contributed by atoms with E-state index in [0.29, 0.717) is 27.7 Å². The summed E-state index contributed by atoms with van der Waals surface area (Å²) >= 11 is 18.4. The molecule has 4 heteroatoms. The van der Waals surface area contributed by atoms with Crippen LogP contribution in [0.25, 0.3) is 0 Å². The van der Waals surface area contributed by atoms with Gasteiger partial charge in [0.05, 0.1) is 10.0 Å². The van der Waals surface area contributed by atoms with E-state index in [1.807, 2.05) is 0 Å². The van der Waals surface area contributed by atoms with Gasteiger partial charge in [0.15, 0.2) is 0 Å². The van der Waals surface area contributed by atoms with E-state index in [9.17, 15) is 0 Å². The number of hydrogen-bond donors (Lipinski definition) is 1. The number of rotatable bonds is 4. The largest absolute Gasteiger partial charge is 0.310 e. The second-order valence-corrected chi connectivity index (χ2v) is 6.58. The normalized spacial score (nSPS) is 18.5. The van der Waals surface area contributed by atoms with E-state index in [1.165, 1.54) is 32.1 Å². The molecule has 0 radical (unpaired) electrons. The summed E-state index contributed by atoms with van der Waals surface area (Å²) in [4.78, 5) is 0. The van der Waals surface area contributed by atoms with Crippen molar-refractivity contribution in [1.29, 1.82) is 0 Å². The van der Waals surface area contributed by atoms with Crippen LogP contribution in [-0.2, 0) is 6.54 Å². The molecule has 0 aliphatic heterocycles. The minimum atomic E-state index is 0.492. The lowest BCUT2D eigenvalue weighted by atomic mass is 9.84. The molecule has 1 saturated carbocycles. The monoisotopic (exact) mass is 319 g/mol. The quantitative estimate of drug-likeness (QED) is 0.701. The molecule has 1 N–H and O–H groups in total. The van der Waals surface area contributed by atoms with E-state index in [0.717, 1.165) is 11.5 Å². The van der Waals surface area contributed by atoms with Crippen LogP contribution in [0.5, 0.6) is 0 Å². The van der Waals surface area contributed by atoms with Crippen LogP contribution in [0.4, 0.5) is 0 Å². The SMILES string of the molecule is C[C@H](NCc1c(Cl)ccc(Cl)c1Cl)C1CCCCC1. The molecule has 1 nitrogen and oxygen atoms in total. The Bertz CT molecular complexity index is 428. The van der Waals surface area contributed by atoms with E-state index < -0.39 is 0 Å². The zero-order chi connectivity index (χ0) is 13.8. The second kappa shape index (κ2) is 7.17. The predicted molar refractivity (Wildman–Crippen MR) is 84.3 cm³/mol. The van der Waals surface area contributed by atoms with E-state index in [1.54, 1.807) is 12.1 Å². The molecule has 1 aromatic carbocycles. The van der Waals surface area contributed by atoms with Gasteiger partial charge in [-0.2, -0.15) is 0 Å². The van der Waals surface area contributed by atoms with Gasteiger partial charge in [0.25, 0.3) is 0 Å². The van der Waals surface area contributed by atoms with Crippen molar-refractivity contribution in [3.63, 3.8) is 0 Å². The van der Waals surface area contributed by atoms with Crippen molar-refractivity contribution in [3.8, 4) is 0 Å². The molecular formula is C15H20Cl3N. The Labute approximate surface area is 130 Å². The van der Waals surface area contributed by atoms with Crippen molar-refractivity contribution < 1.29 is 0 Å². The van der Waals surface area contributed by atoms with Crippen LogP contribution in [0.3, 0.4) is 0 Å². The molecule has 1 aliphatic rings. The first-order valence-corrected chi connectivity index (χ1v) is 8.08. The van der Waals surface area contributed by atoms with Crippen LogP contribution in [0.1, 0.15) is 44.6 Å². The first-order valence-electron chi connectivity index (χ1n) is 6.95. The van der Waals surface area contributed by atoms with Crippen LogP contribution < -0.4 is 5.32 Å². The van der Waals surface area contributed by atoms with Gasteiger partial charge in [0, 0.05) is 23.2 Å². The Kier molecular flexibility index (Phi) is 5.83. The summed E-state index contributed by atoms with van der Waals surface area (Å²) in [7, 11) is 0. The summed E-state index contributed by atoms with van der Waals surface area (Å²) in [5, 5.41) is 5.36. The van der Waals surface area contributed by atoms with Gasteiger partial charge in [-0.15, -0.1) is 0 Å². The maximum Gasteiger partial charge on any atom is 0.0652 e. The fourth-order valence-electron chi connectivity index (χ4n) is 2.79. The van der Waals surface area contributed by atoms with Gasteiger partial charge in [-0.05, 0) is 37.8 Å². The van der Waals surface area contributed by atoms with E-state index in [2.05, 4.69) is 12.2 Å². The molecule has 0 spiro atoms. The summed E-state index contributed by atoms with van der Waals surface area (Å²) < 4.78 is 0. The summed E-state index contributed by atoms with van der Waals surface area (Å²) in [6, 6.07) is 4.03. The molecule has 2 rings (SSSR count). The Hall–Kier alpha value is 0.0500. The third-order valence-electron chi connectivity index (χ3n) is 4.10. The zero-order valence-electron chi connectivity index (χ0n) is 11.2. The summed E-state index contributed by atoms with van der Waals surface area (Å²) in [6.07, 6.45) is 6.75. The highest BCUT2D eigenvalue weighted by molar-refractivity contribution is 6.44. The van der Waals surface area contributed by atoms with Crippen molar-refractivity contribution in [3.05, 3.63) is 32.8 Å². The smallest absolute Gasteiger partial charge is 0.0652 e. The standard InChI is InChI=1S/C15H20Cl3N/c1-10(11-5-3-2-4-6-11)19-9-12-13(16)7-8-14(17)15(12)18/h7-8,10-11,19H,2-6,9H2,1H3/t10-/m0/s1.